The first kappa shape index (κ1) is 8.01. The first-order chi connectivity index (χ1) is 6.33. The topological polar surface area (TPSA) is 59.1 Å². The van der Waals surface area contributed by atoms with Gasteiger partial charge < -0.3 is 10.8 Å². The van der Waals surface area contributed by atoms with Gasteiger partial charge in [-0.2, -0.15) is 0 Å². The predicted molar refractivity (Wildman–Crippen MR) is 52.1 cm³/mol. The first-order valence-electron chi connectivity index (χ1n) is 4.06. The van der Waals surface area contributed by atoms with Crippen LogP contribution in [0.5, 0.6) is 0 Å². The summed E-state index contributed by atoms with van der Waals surface area (Å²) in [5, 5.41) is 9.86. The highest BCUT2D eigenvalue weighted by molar-refractivity contribution is 5.91. The van der Waals surface area contributed by atoms with Crippen molar-refractivity contribution in [2.45, 2.75) is 6.61 Å². The Morgan fingerprint density at radius 3 is 2.85 bits per heavy atom. The molecule has 3 nitrogen and oxygen atoms in total. The van der Waals surface area contributed by atoms with Gasteiger partial charge in [-0.1, -0.05) is 18.2 Å². The summed E-state index contributed by atoms with van der Waals surface area (Å²) in [7, 11) is 0. The molecule has 0 fully saturated rings. The lowest BCUT2D eigenvalue weighted by atomic mass is 10.1. The fourth-order valence-electron chi connectivity index (χ4n) is 1.33. The van der Waals surface area contributed by atoms with Crippen LogP contribution in [0.3, 0.4) is 0 Å². The fourth-order valence-corrected chi connectivity index (χ4v) is 1.33. The summed E-state index contributed by atoms with van der Waals surface area (Å²) in [5.74, 6) is 0. The minimum Gasteiger partial charge on any atom is -0.398 e. The normalized spacial score (nSPS) is 10.5. The molecule has 1 aromatic heterocycles. The van der Waals surface area contributed by atoms with Crippen LogP contribution in [0.2, 0.25) is 0 Å². The van der Waals surface area contributed by atoms with E-state index in [4.69, 9.17) is 10.8 Å². The molecule has 0 spiro atoms. The number of hydrogen-bond acceptors (Lipinski definition) is 3. The second-order valence-corrected chi connectivity index (χ2v) is 2.87. The van der Waals surface area contributed by atoms with Crippen LogP contribution in [0.4, 0.5) is 5.69 Å². The zero-order valence-corrected chi connectivity index (χ0v) is 7.07. The Bertz CT molecular complexity index is 440. The van der Waals surface area contributed by atoms with Crippen LogP contribution in [-0.2, 0) is 6.61 Å². The van der Waals surface area contributed by atoms with Gasteiger partial charge in [0.1, 0.15) is 0 Å². The summed E-state index contributed by atoms with van der Waals surface area (Å²) in [6.07, 6.45) is 1.61. The quantitative estimate of drug-likeness (QED) is 0.685. The monoisotopic (exact) mass is 174 g/mol. The van der Waals surface area contributed by atoms with Crippen molar-refractivity contribution >= 4 is 16.6 Å². The van der Waals surface area contributed by atoms with E-state index < -0.39 is 0 Å². The number of para-hydroxylation sites is 1. The Labute approximate surface area is 75.8 Å². The maximum Gasteiger partial charge on any atom is 0.0722 e. The van der Waals surface area contributed by atoms with Gasteiger partial charge in [-0.15, -0.1) is 0 Å². The van der Waals surface area contributed by atoms with Crippen molar-refractivity contribution in [1.82, 2.24) is 4.98 Å². The van der Waals surface area contributed by atoms with Gasteiger partial charge in [0, 0.05) is 22.8 Å². The number of rotatable bonds is 1. The van der Waals surface area contributed by atoms with E-state index in [1.165, 1.54) is 0 Å². The van der Waals surface area contributed by atoms with E-state index in [-0.39, 0.29) is 6.61 Å². The molecule has 3 N–H and O–H groups in total. The summed E-state index contributed by atoms with van der Waals surface area (Å²) in [6.45, 7) is -0.0658. The summed E-state index contributed by atoms with van der Waals surface area (Å²) in [4.78, 5) is 4.17. The largest absolute Gasteiger partial charge is 0.398 e. The third-order valence-corrected chi connectivity index (χ3v) is 2.07. The Morgan fingerprint density at radius 1 is 1.31 bits per heavy atom. The Morgan fingerprint density at radius 2 is 2.08 bits per heavy atom. The number of nitrogens with two attached hydrogens (primary N) is 1. The van der Waals surface area contributed by atoms with E-state index in [2.05, 4.69) is 4.98 Å². The van der Waals surface area contributed by atoms with Gasteiger partial charge in [-0.05, 0) is 6.07 Å². The van der Waals surface area contributed by atoms with Gasteiger partial charge in [0.05, 0.1) is 12.1 Å². The van der Waals surface area contributed by atoms with Crippen molar-refractivity contribution in [3.05, 3.63) is 36.0 Å². The number of nitrogens with zero attached hydrogens (tertiary/aromatic N) is 1. The van der Waals surface area contributed by atoms with Crippen molar-refractivity contribution in [1.29, 1.82) is 0 Å². The summed E-state index contributed by atoms with van der Waals surface area (Å²) >= 11 is 0. The molecule has 13 heavy (non-hydrogen) atoms. The van der Waals surface area contributed by atoms with Crippen LogP contribution < -0.4 is 5.73 Å². The number of nitrogen functional groups attached to an aromatic ring is 1. The number of anilines is 1. The smallest absolute Gasteiger partial charge is 0.0722 e. The van der Waals surface area contributed by atoms with Crippen LogP contribution in [0.25, 0.3) is 10.9 Å². The molecule has 0 unspecified atom stereocenters. The number of aliphatic hydroxyl groups excluding tert-OH is 1. The Balaban J connectivity index is 2.79. The Kier molecular flexibility index (Phi) is 1.87. The Hall–Kier alpha value is -1.61. The van der Waals surface area contributed by atoms with Gasteiger partial charge in [0.2, 0.25) is 0 Å². The van der Waals surface area contributed by atoms with Crippen molar-refractivity contribution < 1.29 is 5.11 Å². The summed E-state index contributed by atoms with van der Waals surface area (Å²) in [5.41, 5.74) is 7.99. The number of hydrogen-bond donors (Lipinski definition) is 2. The third-order valence-electron chi connectivity index (χ3n) is 2.07. The van der Waals surface area contributed by atoms with Crippen LogP contribution in [0.15, 0.2) is 30.5 Å². The molecule has 0 bridgehead atoms. The third kappa shape index (κ3) is 1.23. The van der Waals surface area contributed by atoms with Gasteiger partial charge >= 0.3 is 0 Å². The van der Waals surface area contributed by atoms with Crippen LogP contribution in [-0.4, -0.2) is 10.1 Å². The molecular formula is C10H10N2O. The lowest BCUT2D eigenvalue weighted by Crippen LogP contribution is -1.96. The molecular weight excluding hydrogens is 164 g/mol. The zero-order chi connectivity index (χ0) is 9.26. The van der Waals surface area contributed by atoms with E-state index in [1.54, 1.807) is 6.20 Å². The molecule has 2 rings (SSSR count). The lowest BCUT2D eigenvalue weighted by molar-refractivity contribution is 0.282. The minimum atomic E-state index is -0.0658. The molecule has 2 aromatic rings. The van der Waals surface area contributed by atoms with Crippen LogP contribution >= 0.6 is 0 Å². The van der Waals surface area contributed by atoms with E-state index in [1.807, 2.05) is 24.3 Å². The molecule has 0 aliphatic carbocycles. The minimum absolute atomic E-state index is 0.0658. The maximum atomic E-state index is 8.96. The molecule has 1 aromatic carbocycles. The van der Waals surface area contributed by atoms with E-state index in [0.717, 1.165) is 10.9 Å². The van der Waals surface area contributed by atoms with Crippen molar-refractivity contribution in [3.8, 4) is 0 Å². The molecule has 0 amide bonds. The average Bonchev–Trinajstić information content (AvgIpc) is 2.19. The number of benzene rings is 1. The second kappa shape index (κ2) is 3.03. The van der Waals surface area contributed by atoms with Crippen LogP contribution in [0.1, 0.15) is 5.56 Å². The molecule has 0 aliphatic rings. The first-order valence-corrected chi connectivity index (χ1v) is 4.06. The number of aliphatic hydroxyl groups is 1. The highest BCUT2D eigenvalue weighted by Gasteiger charge is 2.02. The van der Waals surface area contributed by atoms with Gasteiger partial charge in [0.15, 0.2) is 0 Å². The molecule has 66 valence electrons. The van der Waals surface area contributed by atoms with E-state index >= 15 is 0 Å². The number of pyridine rings is 1. The fraction of sp³-hybridized carbons (Fsp3) is 0.100. The standard InChI is InChI=1S/C10H10N2O/c11-10-7(6-13)5-12-9-4-2-1-3-8(9)10/h1-5,13H,6H2,(H2,11,12). The van der Waals surface area contributed by atoms with E-state index in [0.29, 0.717) is 11.3 Å². The summed E-state index contributed by atoms with van der Waals surface area (Å²) in [6, 6.07) is 7.61. The van der Waals surface area contributed by atoms with E-state index in [9.17, 15) is 0 Å². The SMILES string of the molecule is Nc1c(CO)cnc2ccccc12. The van der Waals surface area contributed by atoms with Crippen molar-refractivity contribution in [3.63, 3.8) is 0 Å². The molecule has 0 radical (unpaired) electrons. The zero-order valence-electron chi connectivity index (χ0n) is 7.07. The molecule has 1 heterocycles. The highest BCUT2D eigenvalue weighted by atomic mass is 16.3. The average molecular weight is 174 g/mol. The number of aromatic nitrogens is 1. The molecule has 3 heteroatoms. The van der Waals surface area contributed by atoms with Gasteiger partial charge in [-0.25, -0.2) is 0 Å². The van der Waals surface area contributed by atoms with Crippen molar-refractivity contribution in [2.24, 2.45) is 0 Å². The van der Waals surface area contributed by atoms with Gasteiger partial charge in [0.25, 0.3) is 0 Å². The molecule has 0 saturated carbocycles. The number of fused-ring (bicyclic) bond motifs is 1. The predicted octanol–water partition coefficient (Wildman–Crippen LogP) is 1.31. The van der Waals surface area contributed by atoms with Crippen molar-refractivity contribution in [2.75, 3.05) is 5.73 Å². The second-order valence-electron chi connectivity index (χ2n) is 2.87. The molecule has 0 atom stereocenters. The molecule has 0 aliphatic heterocycles. The molecule has 0 saturated heterocycles. The van der Waals surface area contributed by atoms with Gasteiger partial charge in [-0.3, -0.25) is 4.98 Å². The van der Waals surface area contributed by atoms with Crippen LogP contribution in [0, 0.1) is 0 Å². The lowest BCUT2D eigenvalue weighted by Gasteiger charge is -2.04. The maximum absolute atomic E-state index is 8.96. The highest BCUT2D eigenvalue weighted by Crippen LogP contribution is 2.22. The summed E-state index contributed by atoms with van der Waals surface area (Å²) < 4.78 is 0.